The van der Waals surface area contributed by atoms with E-state index in [1.165, 1.54) is 106 Å². The number of rotatable bonds is 4. The van der Waals surface area contributed by atoms with Crippen LogP contribution in [0, 0.1) is 0 Å². The van der Waals surface area contributed by atoms with Crippen LogP contribution in [0.15, 0.2) is 212 Å². The molecule has 7 heteroatoms. The molecular formula is C54H35B3N4. The Morgan fingerprint density at radius 1 is 0.311 bits per heavy atom. The standard InChI is InChI=1S/C54H35B3N4/c1-3-36-42(4-2)58(34-18-7-5-8-19-34)48-32-30-40-53-51(48)55(36)38-23-12-15-26-44(38)60(53)46-28-17-29-47-50(46)57(40)41-31-33-49-52-54(41)61(47)45-27-16-13-24-39(45)56(52)37-22-11-14-25-43(37)59(49)35-20-9-6-10-21-35/h3-33H,1-2H2. The summed E-state index contributed by atoms with van der Waals surface area (Å²) >= 11 is 0. The maximum atomic E-state index is 4.47. The lowest BCUT2D eigenvalue weighted by molar-refractivity contribution is 1.19. The number of nitrogens with zero attached hydrogens (tertiary/aromatic N) is 4. The van der Waals surface area contributed by atoms with Gasteiger partial charge < -0.3 is 19.6 Å². The van der Waals surface area contributed by atoms with Gasteiger partial charge in [-0.2, -0.15) is 0 Å². The first-order valence-electron chi connectivity index (χ1n) is 21.3. The molecule has 0 amide bonds. The van der Waals surface area contributed by atoms with Gasteiger partial charge in [-0.05, 0) is 122 Å². The van der Waals surface area contributed by atoms with Gasteiger partial charge in [-0.3, -0.25) is 0 Å². The van der Waals surface area contributed by atoms with Crippen LogP contribution >= 0.6 is 0 Å². The summed E-state index contributed by atoms with van der Waals surface area (Å²) in [5, 5.41) is 0. The van der Waals surface area contributed by atoms with E-state index in [2.05, 4.69) is 215 Å². The van der Waals surface area contributed by atoms with Crippen molar-refractivity contribution >= 4 is 126 Å². The summed E-state index contributed by atoms with van der Waals surface area (Å²) in [7, 11) is 0. The third-order valence-electron chi connectivity index (χ3n) is 14.2. The molecule has 0 radical (unpaired) electrons. The fourth-order valence-corrected chi connectivity index (χ4v) is 12.0. The number of fused-ring (bicyclic) bond motifs is 12. The first-order valence-corrected chi connectivity index (χ1v) is 21.3. The molecule has 0 saturated heterocycles. The highest BCUT2D eigenvalue weighted by Gasteiger charge is 2.53. The summed E-state index contributed by atoms with van der Waals surface area (Å²) in [5.41, 5.74) is 26.4. The molecule has 8 aromatic carbocycles. The average molecular weight is 772 g/mol. The van der Waals surface area contributed by atoms with Gasteiger partial charge in [-0.25, -0.2) is 0 Å². The number of hydrogen-bond donors (Lipinski definition) is 0. The van der Waals surface area contributed by atoms with E-state index < -0.39 is 0 Å². The number of benzene rings is 8. The van der Waals surface area contributed by atoms with Crippen molar-refractivity contribution in [2.45, 2.75) is 0 Å². The molecule has 280 valence electrons. The van der Waals surface area contributed by atoms with E-state index in [0.717, 1.165) is 11.4 Å². The van der Waals surface area contributed by atoms with E-state index in [9.17, 15) is 0 Å². The van der Waals surface area contributed by atoms with E-state index in [1.807, 2.05) is 6.08 Å². The van der Waals surface area contributed by atoms with Gasteiger partial charge in [-0.1, -0.05) is 128 Å². The molecule has 6 aliphatic heterocycles. The molecule has 0 atom stereocenters. The average Bonchev–Trinajstić information content (AvgIpc) is 3.33. The van der Waals surface area contributed by atoms with Crippen molar-refractivity contribution in [2.24, 2.45) is 0 Å². The highest BCUT2D eigenvalue weighted by atomic mass is 15.2. The van der Waals surface area contributed by atoms with Crippen molar-refractivity contribution in [1.82, 2.24) is 0 Å². The predicted octanol–water partition coefficient (Wildman–Crippen LogP) is 7.62. The van der Waals surface area contributed by atoms with E-state index in [-0.39, 0.29) is 20.1 Å². The van der Waals surface area contributed by atoms with Gasteiger partial charge in [0.15, 0.2) is 0 Å². The molecule has 14 rings (SSSR count). The monoisotopic (exact) mass is 772 g/mol. The second kappa shape index (κ2) is 12.0. The Kier molecular flexibility index (Phi) is 6.53. The minimum Gasteiger partial charge on any atom is -0.312 e. The van der Waals surface area contributed by atoms with Crippen molar-refractivity contribution in [2.75, 3.05) is 19.6 Å². The Bertz CT molecular complexity index is 3310. The summed E-state index contributed by atoms with van der Waals surface area (Å²) in [6.07, 6.45) is 4.09. The second-order valence-corrected chi connectivity index (χ2v) is 16.8. The van der Waals surface area contributed by atoms with Crippen LogP contribution in [-0.2, 0) is 0 Å². The van der Waals surface area contributed by atoms with Gasteiger partial charge in [0.2, 0.25) is 0 Å². The normalized spacial score (nSPS) is 15.0. The summed E-state index contributed by atoms with van der Waals surface area (Å²) < 4.78 is 0. The van der Waals surface area contributed by atoms with Gasteiger partial charge in [0.05, 0.1) is 0 Å². The topological polar surface area (TPSA) is 13.0 Å². The third-order valence-corrected chi connectivity index (χ3v) is 14.2. The zero-order valence-electron chi connectivity index (χ0n) is 33.3. The fraction of sp³-hybridized carbons (Fsp3) is 0. The number of allylic oxidation sites excluding steroid dienone is 3. The fourth-order valence-electron chi connectivity index (χ4n) is 12.0. The van der Waals surface area contributed by atoms with E-state index >= 15 is 0 Å². The molecule has 0 bridgehead atoms. The largest absolute Gasteiger partial charge is 0.312 e. The van der Waals surface area contributed by atoms with Crippen molar-refractivity contribution < 1.29 is 0 Å². The molecule has 6 heterocycles. The third kappa shape index (κ3) is 4.04. The molecule has 0 saturated carbocycles. The Balaban J connectivity index is 1.10. The molecule has 0 spiro atoms. The SMILES string of the molecule is C=CC1=C(C=C)N(c2ccccc2)c2ccc3c4c2B1c1ccccc1N4c1cccc2c1B3c1ccc3c4c1N2c1ccccc1B4c1ccccc1N3c1ccccc1. The maximum absolute atomic E-state index is 4.47. The number of para-hydroxylation sites is 5. The molecule has 8 aromatic rings. The van der Waals surface area contributed by atoms with E-state index in [0.29, 0.717) is 0 Å². The van der Waals surface area contributed by atoms with Crippen LogP contribution in [0.25, 0.3) is 0 Å². The summed E-state index contributed by atoms with van der Waals surface area (Å²) in [6.45, 7) is 8.93. The highest BCUT2D eigenvalue weighted by Crippen LogP contribution is 2.50. The van der Waals surface area contributed by atoms with Crippen molar-refractivity contribution in [3.63, 3.8) is 0 Å². The first-order chi connectivity index (χ1) is 30.3. The van der Waals surface area contributed by atoms with Crippen LogP contribution in [0.4, 0.5) is 62.6 Å². The lowest BCUT2D eigenvalue weighted by Gasteiger charge is -2.52. The van der Waals surface area contributed by atoms with Crippen LogP contribution in [0.3, 0.4) is 0 Å². The van der Waals surface area contributed by atoms with E-state index in [1.54, 1.807) is 0 Å². The summed E-state index contributed by atoms with van der Waals surface area (Å²) in [5.74, 6) is 0. The van der Waals surface area contributed by atoms with Crippen LogP contribution < -0.4 is 63.3 Å². The van der Waals surface area contributed by atoms with Crippen molar-refractivity contribution in [3.8, 4) is 0 Å². The quantitative estimate of drug-likeness (QED) is 0.171. The molecule has 6 aliphatic rings. The highest BCUT2D eigenvalue weighted by molar-refractivity contribution is 7.05. The molecule has 4 nitrogen and oxygen atoms in total. The molecule has 0 aliphatic carbocycles. The lowest BCUT2D eigenvalue weighted by Crippen LogP contribution is -2.69. The van der Waals surface area contributed by atoms with E-state index in [4.69, 9.17) is 0 Å². The maximum Gasteiger partial charge on any atom is 0.252 e. The van der Waals surface area contributed by atoms with Crippen LogP contribution in [0.5, 0.6) is 0 Å². The smallest absolute Gasteiger partial charge is 0.252 e. The van der Waals surface area contributed by atoms with Crippen LogP contribution in [0.1, 0.15) is 0 Å². The zero-order valence-corrected chi connectivity index (χ0v) is 33.3. The second-order valence-electron chi connectivity index (χ2n) is 16.8. The lowest BCUT2D eigenvalue weighted by atomic mass is 9.27. The van der Waals surface area contributed by atoms with Crippen LogP contribution in [0.2, 0.25) is 0 Å². The van der Waals surface area contributed by atoms with Gasteiger partial charge in [-0.15, -0.1) is 0 Å². The molecule has 0 aromatic heterocycles. The molecular weight excluding hydrogens is 737 g/mol. The Labute approximate surface area is 356 Å². The van der Waals surface area contributed by atoms with Gasteiger partial charge in [0.25, 0.3) is 20.1 Å². The zero-order chi connectivity index (χ0) is 40.1. The van der Waals surface area contributed by atoms with Gasteiger partial charge in [0.1, 0.15) is 0 Å². The minimum absolute atomic E-state index is 0.000562. The van der Waals surface area contributed by atoms with Crippen molar-refractivity contribution in [1.29, 1.82) is 0 Å². The number of hydrogen-bond acceptors (Lipinski definition) is 4. The summed E-state index contributed by atoms with van der Waals surface area (Å²) in [4.78, 5) is 10.1. The molecule has 0 unspecified atom stereocenters. The van der Waals surface area contributed by atoms with Crippen molar-refractivity contribution in [3.05, 3.63) is 212 Å². The van der Waals surface area contributed by atoms with Gasteiger partial charge in [0, 0.05) is 68.3 Å². The molecule has 0 fully saturated rings. The summed E-state index contributed by atoms with van der Waals surface area (Å²) in [6, 6.07) is 65.5. The Hall–Kier alpha value is -7.63. The number of anilines is 11. The Morgan fingerprint density at radius 3 is 1.26 bits per heavy atom. The van der Waals surface area contributed by atoms with Gasteiger partial charge >= 0.3 is 0 Å². The minimum atomic E-state index is -0.0123. The molecule has 0 N–H and O–H groups in total. The Morgan fingerprint density at radius 2 is 0.721 bits per heavy atom. The van der Waals surface area contributed by atoms with Crippen LogP contribution in [-0.4, -0.2) is 20.1 Å². The first kappa shape index (κ1) is 33.2. The predicted molar refractivity (Wildman–Crippen MR) is 261 cm³/mol. The molecule has 61 heavy (non-hydrogen) atoms.